The SMILES string of the molecule is Cc1cc(F)ccc1Oc1nnc(C(F)(F)F)c(N2CCOCC2)c1C(=O)Nc1cccc(S(C)(=O)=O)c1. The van der Waals surface area contributed by atoms with Crippen molar-refractivity contribution in [2.24, 2.45) is 0 Å². The number of hydrogen-bond acceptors (Lipinski definition) is 8. The molecule has 38 heavy (non-hydrogen) atoms. The summed E-state index contributed by atoms with van der Waals surface area (Å²) in [4.78, 5) is 14.8. The first-order valence-corrected chi connectivity index (χ1v) is 13.1. The molecule has 0 atom stereocenters. The van der Waals surface area contributed by atoms with Crippen LogP contribution in [0.25, 0.3) is 0 Å². The Labute approximate surface area is 215 Å². The summed E-state index contributed by atoms with van der Waals surface area (Å²) in [5.41, 5.74) is -2.24. The van der Waals surface area contributed by atoms with E-state index in [0.29, 0.717) is 5.56 Å². The van der Waals surface area contributed by atoms with Gasteiger partial charge in [0.15, 0.2) is 15.5 Å². The molecule has 1 aliphatic rings. The van der Waals surface area contributed by atoms with Crippen molar-refractivity contribution >= 4 is 27.1 Å². The number of hydrogen-bond donors (Lipinski definition) is 1. The number of sulfone groups is 1. The van der Waals surface area contributed by atoms with E-state index in [1.807, 2.05) is 0 Å². The van der Waals surface area contributed by atoms with Gasteiger partial charge in [-0.2, -0.15) is 13.2 Å². The van der Waals surface area contributed by atoms with Crippen LogP contribution in [0.1, 0.15) is 21.6 Å². The van der Waals surface area contributed by atoms with Crippen LogP contribution in [0.3, 0.4) is 0 Å². The van der Waals surface area contributed by atoms with Crippen molar-refractivity contribution in [1.29, 1.82) is 0 Å². The molecule has 0 unspecified atom stereocenters. The van der Waals surface area contributed by atoms with Gasteiger partial charge >= 0.3 is 6.18 Å². The lowest BCUT2D eigenvalue weighted by atomic mass is 10.1. The van der Waals surface area contributed by atoms with Gasteiger partial charge < -0.3 is 19.7 Å². The maximum Gasteiger partial charge on any atom is 0.437 e. The highest BCUT2D eigenvalue weighted by Gasteiger charge is 2.42. The molecule has 1 aromatic heterocycles. The van der Waals surface area contributed by atoms with Crippen molar-refractivity contribution < 1.29 is 40.2 Å². The van der Waals surface area contributed by atoms with Crippen LogP contribution in [0.2, 0.25) is 0 Å². The zero-order chi connectivity index (χ0) is 27.7. The quantitative estimate of drug-likeness (QED) is 0.451. The molecule has 3 aromatic rings. The number of nitrogens with one attached hydrogen (secondary N) is 1. The Morgan fingerprint density at radius 3 is 2.45 bits per heavy atom. The Balaban J connectivity index is 1.88. The van der Waals surface area contributed by atoms with Crippen LogP contribution < -0.4 is 15.0 Å². The number of aryl methyl sites for hydroxylation is 1. The average molecular weight is 555 g/mol. The van der Waals surface area contributed by atoms with Crippen LogP contribution >= 0.6 is 0 Å². The minimum atomic E-state index is -4.98. The fourth-order valence-electron chi connectivity index (χ4n) is 3.80. The molecule has 9 nitrogen and oxygen atoms in total. The summed E-state index contributed by atoms with van der Waals surface area (Å²) in [6.45, 7) is 1.76. The molecule has 1 fully saturated rings. The molecule has 0 bridgehead atoms. The van der Waals surface area contributed by atoms with Crippen molar-refractivity contribution in [1.82, 2.24) is 10.2 Å². The van der Waals surface area contributed by atoms with Gasteiger partial charge in [0.25, 0.3) is 11.8 Å². The monoisotopic (exact) mass is 554 g/mol. The number of rotatable bonds is 6. The number of amides is 1. The molecule has 4 rings (SSSR count). The van der Waals surface area contributed by atoms with Gasteiger partial charge in [0.2, 0.25) is 0 Å². The van der Waals surface area contributed by atoms with E-state index in [1.165, 1.54) is 42.2 Å². The molecular formula is C24H22F4N4O5S. The summed E-state index contributed by atoms with van der Waals surface area (Å²) in [6, 6.07) is 8.71. The smallest absolute Gasteiger partial charge is 0.437 e. The molecule has 2 aromatic carbocycles. The molecule has 0 radical (unpaired) electrons. The summed E-state index contributed by atoms with van der Waals surface area (Å²) in [7, 11) is -3.63. The van der Waals surface area contributed by atoms with E-state index >= 15 is 0 Å². The Morgan fingerprint density at radius 2 is 1.82 bits per heavy atom. The van der Waals surface area contributed by atoms with E-state index < -0.39 is 50.6 Å². The number of nitrogens with zero attached hydrogens (tertiary/aromatic N) is 3. The first kappa shape index (κ1) is 27.3. The summed E-state index contributed by atoms with van der Waals surface area (Å²) >= 11 is 0. The highest BCUT2D eigenvalue weighted by Crippen LogP contribution is 2.41. The van der Waals surface area contributed by atoms with E-state index in [0.717, 1.165) is 18.4 Å². The third-order valence-electron chi connectivity index (χ3n) is 5.60. The molecule has 1 aliphatic heterocycles. The number of morpholine rings is 1. The van der Waals surface area contributed by atoms with Crippen molar-refractivity contribution in [3.8, 4) is 11.6 Å². The molecular weight excluding hydrogens is 532 g/mol. The number of carbonyl (C=O) groups excluding carboxylic acids is 1. The zero-order valence-corrected chi connectivity index (χ0v) is 21.0. The summed E-state index contributed by atoms with van der Waals surface area (Å²) in [6.07, 6.45) is -4.00. The van der Waals surface area contributed by atoms with Crippen molar-refractivity contribution in [3.63, 3.8) is 0 Å². The maximum absolute atomic E-state index is 14.1. The molecule has 0 aliphatic carbocycles. The standard InChI is InChI=1S/C24H22F4N4O5S/c1-14-12-15(25)6-7-18(14)37-23-19(22(33)29-16-4-3-5-17(13-16)38(2,34)35)20(32-8-10-36-11-9-32)21(30-31-23)24(26,27)28/h3-7,12-13H,8-11H2,1-2H3,(H,29,33). The number of aromatic nitrogens is 2. The van der Waals surface area contributed by atoms with Crippen LogP contribution in [-0.4, -0.2) is 57.1 Å². The summed E-state index contributed by atoms with van der Waals surface area (Å²) in [5.74, 6) is -2.12. The van der Waals surface area contributed by atoms with E-state index in [1.54, 1.807) is 0 Å². The predicted octanol–water partition coefficient (Wildman–Crippen LogP) is 4.23. The fraction of sp³-hybridized carbons (Fsp3) is 0.292. The topological polar surface area (TPSA) is 111 Å². The summed E-state index contributed by atoms with van der Waals surface area (Å²) < 4.78 is 90.7. The van der Waals surface area contributed by atoms with Gasteiger partial charge in [-0.1, -0.05) is 6.07 Å². The van der Waals surface area contributed by atoms with Crippen LogP contribution in [0.15, 0.2) is 47.4 Å². The second-order valence-corrected chi connectivity index (χ2v) is 10.5. The number of alkyl halides is 3. The van der Waals surface area contributed by atoms with E-state index in [-0.39, 0.29) is 42.6 Å². The van der Waals surface area contributed by atoms with Crippen LogP contribution in [0.5, 0.6) is 11.6 Å². The van der Waals surface area contributed by atoms with Gasteiger partial charge in [-0.15, -0.1) is 10.2 Å². The predicted molar refractivity (Wildman–Crippen MR) is 129 cm³/mol. The van der Waals surface area contributed by atoms with Crippen molar-refractivity contribution in [3.05, 3.63) is 65.1 Å². The van der Waals surface area contributed by atoms with Gasteiger partial charge in [0.05, 0.1) is 23.8 Å². The van der Waals surface area contributed by atoms with Crippen LogP contribution in [0.4, 0.5) is 28.9 Å². The number of carbonyl (C=O) groups is 1. The molecule has 14 heteroatoms. The number of anilines is 2. The highest BCUT2D eigenvalue weighted by molar-refractivity contribution is 7.90. The van der Waals surface area contributed by atoms with Gasteiger partial charge in [0, 0.05) is 25.0 Å². The molecule has 2 heterocycles. The minimum Gasteiger partial charge on any atom is -0.437 e. The third kappa shape index (κ3) is 6.02. The highest BCUT2D eigenvalue weighted by atomic mass is 32.2. The molecule has 1 saturated heterocycles. The van der Waals surface area contributed by atoms with E-state index in [9.17, 15) is 30.8 Å². The minimum absolute atomic E-state index is 0.0140. The lowest BCUT2D eigenvalue weighted by Crippen LogP contribution is -2.39. The molecule has 0 spiro atoms. The molecule has 1 amide bonds. The third-order valence-corrected chi connectivity index (χ3v) is 6.71. The van der Waals surface area contributed by atoms with E-state index in [4.69, 9.17) is 9.47 Å². The van der Waals surface area contributed by atoms with Gasteiger partial charge in [-0.05, 0) is 48.9 Å². The molecule has 202 valence electrons. The lowest BCUT2D eigenvalue weighted by Gasteiger charge is -2.32. The van der Waals surface area contributed by atoms with Gasteiger partial charge in [-0.3, -0.25) is 4.79 Å². The second kappa shape index (κ2) is 10.5. The van der Waals surface area contributed by atoms with Crippen molar-refractivity contribution in [2.45, 2.75) is 18.0 Å². The van der Waals surface area contributed by atoms with Crippen LogP contribution in [0, 0.1) is 12.7 Å². The largest absolute Gasteiger partial charge is 0.437 e. The van der Waals surface area contributed by atoms with Gasteiger partial charge in [-0.25, -0.2) is 12.8 Å². The molecule has 1 N–H and O–H groups in total. The number of halogens is 4. The Bertz CT molecular complexity index is 1480. The zero-order valence-electron chi connectivity index (χ0n) is 20.2. The average Bonchev–Trinajstić information content (AvgIpc) is 2.85. The lowest BCUT2D eigenvalue weighted by molar-refractivity contribution is -0.141. The van der Waals surface area contributed by atoms with Gasteiger partial charge in [0.1, 0.15) is 17.1 Å². The Hall–Kier alpha value is -3.78. The van der Waals surface area contributed by atoms with Crippen LogP contribution in [-0.2, 0) is 20.8 Å². The first-order valence-electron chi connectivity index (χ1n) is 11.2. The van der Waals surface area contributed by atoms with Crippen molar-refractivity contribution in [2.75, 3.05) is 42.8 Å². The van der Waals surface area contributed by atoms with E-state index in [2.05, 4.69) is 15.5 Å². The second-order valence-electron chi connectivity index (χ2n) is 8.44. The number of ether oxygens (including phenoxy) is 2. The number of benzene rings is 2. The first-order chi connectivity index (χ1) is 17.8. The summed E-state index contributed by atoms with van der Waals surface area (Å²) in [5, 5.41) is 9.37. The normalized spacial score (nSPS) is 14.3. The Kier molecular flexibility index (Phi) is 7.56. The fourth-order valence-corrected chi connectivity index (χ4v) is 4.47. The Morgan fingerprint density at radius 1 is 1.11 bits per heavy atom. The maximum atomic E-state index is 14.1. The molecule has 0 saturated carbocycles.